The topological polar surface area (TPSA) is 54.0 Å². The Morgan fingerprint density at radius 2 is 2.29 bits per heavy atom. The lowest BCUT2D eigenvalue weighted by molar-refractivity contribution is -0.121. The number of thiazole rings is 1. The summed E-state index contributed by atoms with van der Waals surface area (Å²) in [6, 6.07) is 8.40. The van der Waals surface area contributed by atoms with E-state index in [0.717, 1.165) is 42.9 Å². The summed E-state index contributed by atoms with van der Waals surface area (Å²) in [4.78, 5) is 16.5. The van der Waals surface area contributed by atoms with Gasteiger partial charge in [-0.3, -0.25) is 4.79 Å². The fourth-order valence-electron chi connectivity index (χ4n) is 2.52. The molecule has 0 unspecified atom stereocenters. The van der Waals surface area contributed by atoms with Crippen molar-refractivity contribution in [1.82, 2.24) is 15.6 Å². The average molecular weight is 326 g/mol. The number of carbonyl (C=O) groups excluding carboxylic acids is 1. The number of halogens is 1. The Bertz CT molecular complexity index is 562. The maximum Gasteiger partial charge on any atom is 0.220 e. The molecule has 1 aromatic carbocycles. The van der Waals surface area contributed by atoms with E-state index >= 15 is 0 Å². The van der Waals surface area contributed by atoms with Gasteiger partial charge >= 0.3 is 0 Å². The third-order valence-electron chi connectivity index (χ3n) is 3.57. The van der Waals surface area contributed by atoms with Crippen LogP contribution in [0.3, 0.4) is 0 Å². The highest BCUT2D eigenvalue weighted by atomic mass is 35.5. The van der Waals surface area contributed by atoms with Crippen LogP contribution in [0.25, 0.3) is 10.2 Å². The fourth-order valence-corrected chi connectivity index (χ4v) is 3.49. The zero-order valence-electron chi connectivity index (χ0n) is 11.8. The molecular formula is C15H20ClN3OS. The molecule has 6 heteroatoms. The van der Waals surface area contributed by atoms with Crippen molar-refractivity contribution >= 4 is 39.9 Å². The first-order valence-electron chi connectivity index (χ1n) is 7.16. The number of fused-ring (bicyclic) bond motifs is 1. The lowest BCUT2D eigenvalue weighted by Gasteiger charge is -2.23. The Balaban J connectivity index is 0.00000161. The quantitative estimate of drug-likeness (QED) is 0.908. The first-order valence-corrected chi connectivity index (χ1v) is 7.97. The first kappa shape index (κ1) is 16.2. The van der Waals surface area contributed by atoms with Gasteiger partial charge in [-0.15, -0.1) is 23.7 Å². The maximum absolute atomic E-state index is 11.9. The molecule has 2 heterocycles. The van der Waals surface area contributed by atoms with E-state index in [2.05, 4.69) is 21.7 Å². The van der Waals surface area contributed by atoms with Crippen molar-refractivity contribution in [3.8, 4) is 0 Å². The molecule has 0 bridgehead atoms. The zero-order chi connectivity index (χ0) is 13.8. The standard InChI is InChI=1S/C15H19N3OS.ClH/c19-14(17-11-4-3-9-16-10-11)7-8-15-18-12-5-1-2-6-13(12)20-15;/h1-2,5-6,11,16H,3-4,7-10H2,(H,17,19);1H/t11-;/m0./s1. The van der Waals surface area contributed by atoms with E-state index in [1.165, 1.54) is 4.70 Å². The van der Waals surface area contributed by atoms with Crippen LogP contribution in [0.4, 0.5) is 0 Å². The van der Waals surface area contributed by atoms with Crippen LogP contribution in [0.1, 0.15) is 24.3 Å². The SMILES string of the molecule is Cl.O=C(CCc1nc2ccccc2s1)N[C@H]1CCCNC1. The number of rotatable bonds is 4. The van der Waals surface area contributed by atoms with Gasteiger partial charge in [-0.05, 0) is 31.5 Å². The van der Waals surface area contributed by atoms with Gasteiger partial charge in [0.15, 0.2) is 0 Å². The Morgan fingerprint density at radius 1 is 1.43 bits per heavy atom. The van der Waals surface area contributed by atoms with E-state index in [0.29, 0.717) is 12.5 Å². The Hall–Kier alpha value is -1.17. The van der Waals surface area contributed by atoms with Crippen molar-refractivity contribution in [1.29, 1.82) is 0 Å². The van der Waals surface area contributed by atoms with Crippen LogP contribution in [0.5, 0.6) is 0 Å². The number of hydrogen-bond acceptors (Lipinski definition) is 4. The number of nitrogens with zero attached hydrogens (tertiary/aromatic N) is 1. The van der Waals surface area contributed by atoms with Gasteiger partial charge in [-0.25, -0.2) is 4.98 Å². The molecule has 2 aromatic rings. The second-order valence-electron chi connectivity index (χ2n) is 5.19. The summed E-state index contributed by atoms with van der Waals surface area (Å²) in [5, 5.41) is 7.45. The lowest BCUT2D eigenvalue weighted by atomic mass is 10.1. The molecule has 4 nitrogen and oxygen atoms in total. The van der Waals surface area contributed by atoms with Crippen molar-refractivity contribution in [3.63, 3.8) is 0 Å². The molecule has 1 atom stereocenters. The molecule has 0 spiro atoms. The number of amides is 1. The smallest absolute Gasteiger partial charge is 0.220 e. The molecular weight excluding hydrogens is 306 g/mol. The predicted molar refractivity (Wildman–Crippen MR) is 89.2 cm³/mol. The van der Waals surface area contributed by atoms with E-state index in [4.69, 9.17) is 0 Å². The second-order valence-corrected chi connectivity index (χ2v) is 6.30. The highest BCUT2D eigenvalue weighted by molar-refractivity contribution is 7.18. The van der Waals surface area contributed by atoms with E-state index in [-0.39, 0.29) is 18.3 Å². The minimum absolute atomic E-state index is 0. The van der Waals surface area contributed by atoms with Crippen LogP contribution in [0.15, 0.2) is 24.3 Å². The Morgan fingerprint density at radius 3 is 3.05 bits per heavy atom. The van der Waals surface area contributed by atoms with Gasteiger partial charge in [-0.1, -0.05) is 12.1 Å². The molecule has 1 fully saturated rings. The Kier molecular flexibility index (Phi) is 5.96. The normalized spacial score (nSPS) is 18.2. The van der Waals surface area contributed by atoms with Crippen molar-refractivity contribution in [3.05, 3.63) is 29.3 Å². The highest BCUT2D eigenvalue weighted by Crippen LogP contribution is 2.22. The van der Waals surface area contributed by atoms with Crippen molar-refractivity contribution in [2.45, 2.75) is 31.7 Å². The monoisotopic (exact) mass is 325 g/mol. The molecule has 0 aliphatic carbocycles. The van der Waals surface area contributed by atoms with Gasteiger partial charge in [0.2, 0.25) is 5.91 Å². The third kappa shape index (κ3) is 4.40. The summed E-state index contributed by atoms with van der Waals surface area (Å²) in [6.45, 7) is 1.96. The predicted octanol–water partition coefficient (Wildman–Crippen LogP) is 2.52. The number of aromatic nitrogens is 1. The molecule has 1 aliphatic rings. The second kappa shape index (κ2) is 7.73. The molecule has 0 radical (unpaired) electrons. The van der Waals surface area contributed by atoms with Gasteiger partial charge in [0.1, 0.15) is 0 Å². The van der Waals surface area contributed by atoms with Crippen molar-refractivity contribution in [2.24, 2.45) is 0 Å². The van der Waals surface area contributed by atoms with Crippen LogP contribution in [0.2, 0.25) is 0 Å². The molecule has 1 amide bonds. The summed E-state index contributed by atoms with van der Waals surface area (Å²) in [5.41, 5.74) is 1.03. The van der Waals surface area contributed by atoms with Crippen LogP contribution < -0.4 is 10.6 Å². The number of piperidine rings is 1. The largest absolute Gasteiger partial charge is 0.352 e. The number of nitrogens with one attached hydrogen (secondary N) is 2. The van der Waals surface area contributed by atoms with Crippen molar-refractivity contribution in [2.75, 3.05) is 13.1 Å². The number of benzene rings is 1. The van der Waals surface area contributed by atoms with E-state index in [1.54, 1.807) is 11.3 Å². The van der Waals surface area contributed by atoms with Crippen LogP contribution in [-0.4, -0.2) is 30.0 Å². The molecule has 114 valence electrons. The fraction of sp³-hybridized carbons (Fsp3) is 0.467. The molecule has 1 aromatic heterocycles. The number of carbonyl (C=O) groups is 1. The van der Waals surface area contributed by atoms with Gasteiger partial charge in [-0.2, -0.15) is 0 Å². The first-order chi connectivity index (χ1) is 9.81. The molecule has 1 aliphatic heterocycles. The molecule has 2 N–H and O–H groups in total. The van der Waals surface area contributed by atoms with Gasteiger partial charge in [0.25, 0.3) is 0 Å². The van der Waals surface area contributed by atoms with E-state index in [9.17, 15) is 4.79 Å². The maximum atomic E-state index is 11.9. The van der Waals surface area contributed by atoms with Gasteiger partial charge in [0, 0.05) is 25.4 Å². The average Bonchev–Trinajstić information content (AvgIpc) is 2.89. The van der Waals surface area contributed by atoms with E-state index in [1.807, 2.05) is 18.2 Å². The summed E-state index contributed by atoms with van der Waals surface area (Å²) in [7, 11) is 0. The van der Waals surface area contributed by atoms with Crippen molar-refractivity contribution < 1.29 is 4.79 Å². The highest BCUT2D eigenvalue weighted by Gasteiger charge is 2.15. The number of hydrogen-bond donors (Lipinski definition) is 2. The summed E-state index contributed by atoms with van der Waals surface area (Å²) in [5.74, 6) is 0.137. The molecule has 1 saturated heterocycles. The van der Waals surface area contributed by atoms with Gasteiger partial charge in [0.05, 0.1) is 15.2 Å². The minimum atomic E-state index is 0. The van der Waals surface area contributed by atoms with Crippen LogP contribution in [0, 0.1) is 0 Å². The van der Waals surface area contributed by atoms with Gasteiger partial charge < -0.3 is 10.6 Å². The number of para-hydroxylation sites is 1. The zero-order valence-corrected chi connectivity index (χ0v) is 13.4. The molecule has 0 saturated carbocycles. The molecule has 21 heavy (non-hydrogen) atoms. The summed E-state index contributed by atoms with van der Waals surface area (Å²) >= 11 is 1.68. The molecule has 3 rings (SSSR count). The summed E-state index contributed by atoms with van der Waals surface area (Å²) in [6.07, 6.45) is 3.48. The van der Waals surface area contributed by atoms with E-state index < -0.39 is 0 Å². The van der Waals surface area contributed by atoms with Crippen LogP contribution in [-0.2, 0) is 11.2 Å². The Labute approximate surface area is 134 Å². The minimum Gasteiger partial charge on any atom is -0.352 e. The van der Waals surface area contributed by atoms with Crippen LogP contribution >= 0.6 is 23.7 Å². The lowest BCUT2D eigenvalue weighted by Crippen LogP contribution is -2.45. The number of aryl methyl sites for hydroxylation is 1. The summed E-state index contributed by atoms with van der Waals surface area (Å²) < 4.78 is 1.19. The third-order valence-corrected chi connectivity index (χ3v) is 4.66.